The number of hydrogen-bond acceptors (Lipinski definition) is 5. The van der Waals surface area contributed by atoms with Crippen LogP contribution in [0.4, 0.5) is 5.82 Å². The predicted octanol–water partition coefficient (Wildman–Crippen LogP) is 3.07. The van der Waals surface area contributed by atoms with Crippen molar-refractivity contribution in [2.75, 3.05) is 18.0 Å². The third kappa shape index (κ3) is 3.72. The number of carbonyl (C=O) groups excluding carboxylic acids is 1. The van der Waals surface area contributed by atoms with E-state index >= 15 is 0 Å². The Morgan fingerprint density at radius 2 is 1.86 bits per heavy atom. The number of anilines is 1. The highest BCUT2D eigenvalue weighted by molar-refractivity contribution is 5.93. The van der Waals surface area contributed by atoms with E-state index in [9.17, 15) is 4.79 Å². The van der Waals surface area contributed by atoms with Crippen LogP contribution in [0.5, 0.6) is 0 Å². The Labute approximate surface area is 169 Å². The first-order valence-corrected chi connectivity index (χ1v) is 10.3. The Bertz CT molecular complexity index is 988. The van der Waals surface area contributed by atoms with Crippen molar-refractivity contribution in [2.45, 2.75) is 38.1 Å². The molecule has 7 nitrogen and oxygen atoms in total. The quantitative estimate of drug-likeness (QED) is 0.702. The maximum atomic E-state index is 12.8. The summed E-state index contributed by atoms with van der Waals surface area (Å²) in [6, 6.07) is 13.9. The first-order valence-electron chi connectivity index (χ1n) is 10.3. The molecule has 1 aliphatic carbocycles. The minimum absolute atomic E-state index is 0.183. The first kappa shape index (κ1) is 17.8. The van der Waals surface area contributed by atoms with Gasteiger partial charge in [0.2, 0.25) is 0 Å². The van der Waals surface area contributed by atoms with E-state index in [4.69, 9.17) is 0 Å². The summed E-state index contributed by atoms with van der Waals surface area (Å²) in [7, 11) is 0. The largest absolute Gasteiger partial charge is 0.357 e. The lowest BCUT2D eigenvalue weighted by atomic mass is 10.2. The lowest BCUT2D eigenvalue weighted by Gasteiger charge is -2.16. The summed E-state index contributed by atoms with van der Waals surface area (Å²) in [5, 5.41) is 11.5. The van der Waals surface area contributed by atoms with Crippen molar-refractivity contribution in [3.8, 4) is 5.69 Å². The molecule has 1 aromatic carbocycles. The van der Waals surface area contributed by atoms with Crippen LogP contribution in [-0.2, 0) is 6.54 Å². The van der Waals surface area contributed by atoms with E-state index in [0.29, 0.717) is 18.2 Å². The van der Waals surface area contributed by atoms with Gasteiger partial charge in [0.05, 0.1) is 11.4 Å². The third-order valence-corrected chi connectivity index (χ3v) is 5.58. The van der Waals surface area contributed by atoms with Crippen LogP contribution < -0.4 is 10.2 Å². The van der Waals surface area contributed by atoms with Crippen molar-refractivity contribution in [3.63, 3.8) is 0 Å². The van der Waals surface area contributed by atoms with Crippen LogP contribution in [0.1, 0.15) is 53.3 Å². The van der Waals surface area contributed by atoms with Crippen molar-refractivity contribution in [2.24, 2.45) is 0 Å². The van der Waals surface area contributed by atoms with E-state index in [1.807, 2.05) is 48.7 Å². The van der Waals surface area contributed by atoms with Crippen LogP contribution >= 0.6 is 0 Å². The zero-order chi connectivity index (χ0) is 19.6. The number of aromatic nitrogens is 4. The average Bonchev–Trinajstić information content (AvgIpc) is 3.28. The molecule has 1 aliphatic heterocycles. The van der Waals surface area contributed by atoms with E-state index in [-0.39, 0.29) is 5.91 Å². The normalized spacial score (nSPS) is 16.2. The molecule has 3 heterocycles. The molecule has 5 rings (SSSR count). The molecule has 1 saturated carbocycles. The van der Waals surface area contributed by atoms with Gasteiger partial charge in [0.15, 0.2) is 5.69 Å². The molecule has 7 heteroatoms. The number of para-hydroxylation sites is 1. The van der Waals surface area contributed by atoms with Gasteiger partial charge in [-0.1, -0.05) is 29.5 Å². The van der Waals surface area contributed by atoms with Gasteiger partial charge in [-0.25, -0.2) is 9.67 Å². The standard InChI is InChI=1S/C22H24N6O/c29-22(24-15-16-8-11-19(23-14-16)27-12-4-5-13-27)20-21(17-9-10-17)28(26-25-20)18-6-2-1-3-7-18/h1-3,6-8,11,14,17H,4-5,9-10,12-13,15H2,(H,24,29). The number of nitrogens with one attached hydrogen (secondary N) is 1. The molecule has 3 aromatic rings. The highest BCUT2D eigenvalue weighted by Gasteiger charge is 2.34. The second-order valence-electron chi connectivity index (χ2n) is 7.75. The number of nitrogens with zero attached hydrogens (tertiary/aromatic N) is 5. The SMILES string of the molecule is O=C(NCc1ccc(N2CCCC2)nc1)c1nnn(-c2ccccc2)c1C1CC1. The Balaban J connectivity index is 1.29. The molecule has 29 heavy (non-hydrogen) atoms. The fraction of sp³-hybridized carbons (Fsp3) is 0.364. The van der Waals surface area contributed by atoms with Crippen molar-refractivity contribution in [1.82, 2.24) is 25.3 Å². The Kier molecular flexibility index (Phi) is 4.71. The molecule has 1 amide bonds. The van der Waals surface area contributed by atoms with E-state index in [0.717, 1.165) is 48.7 Å². The Morgan fingerprint density at radius 3 is 2.55 bits per heavy atom. The number of carbonyl (C=O) groups is 1. The summed E-state index contributed by atoms with van der Waals surface area (Å²) >= 11 is 0. The van der Waals surface area contributed by atoms with Crippen LogP contribution in [-0.4, -0.2) is 39.0 Å². The Hall–Kier alpha value is -3.22. The van der Waals surface area contributed by atoms with Crippen molar-refractivity contribution in [1.29, 1.82) is 0 Å². The van der Waals surface area contributed by atoms with Gasteiger partial charge in [-0.05, 0) is 49.4 Å². The minimum atomic E-state index is -0.183. The summed E-state index contributed by atoms with van der Waals surface area (Å²) in [5.74, 6) is 1.18. The molecule has 2 aromatic heterocycles. The zero-order valence-corrected chi connectivity index (χ0v) is 16.3. The monoisotopic (exact) mass is 388 g/mol. The fourth-order valence-electron chi connectivity index (χ4n) is 3.85. The molecule has 0 bridgehead atoms. The fourth-order valence-corrected chi connectivity index (χ4v) is 3.85. The molecule has 0 atom stereocenters. The molecule has 2 aliphatic rings. The summed E-state index contributed by atoms with van der Waals surface area (Å²) in [4.78, 5) is 19.7. The molecule has 1 N–H and O–H groups in total. The summed E-state index contributed by atoms with van der Waals surface area (Å²) in [5.41, 5.74) is 3.25. The summed E-state index contributed by atoms with van der Waals surface area (Å²) < 4.78 is 1.80. The van der Waals surface area contributed by atoms with Gasteiger partial charge in [-0.15, -0.1) is 5.10 Å². The molecular weight excluding hydrogens is 364 g/mol. The molecule has 1 saturated heterocycles. The highest BCUT2D eigenvalue weighted by atomic mass is 16.2. The lowest BCUT2D eigenvalue weighted by Crippen LogP contribution is -2.25. The number of rotatable bonds is 6. The van der Waals surface area contributed by atoms with Gasteiger partial charge in [-0.2, -0.15) is 0 Å². The van der Waals surface area contributed by atoms with E-state index in [1.165, 1.54) is 12.8 Å². The smallest absolute Gasteiger partial charge is 0.274 e. The number of benzene rings is 1. The van der Waals surface area contributed by atoms with Crippen LogP contribution in [0.3, 0.4) is 0 Å². The third-order valence-electron chi connectivity index (χ3n) is 5.58. The van der Waals surface area contributed by atoms with Crippen LogP contribution in [0.25, 0.3) is 5.69 Å². The second kappa shape index (κ2) is 7.66. The predicted molar refractivity (Wildman–Crippen MR) is 110 cm³/mol. The number of amides is 1. The summed E-state index contributed by atoms with van der Waals surface area (Å²) in [6.07, 6.45) is 6.44. The van der Waals surface area contributed by atoms with Crippen molar-refractivity contribution in [3.05, 3.63) is 65.6 Å². The topological polar surface area (TPSA) is 75.9 Å². The minimum Gasteiger partial charge on any atom is -0.357 e. The number of pyridine rings is 1. The lowest BCUT2D eigenvalue weighted by molar-refractivity contribution is 0.0944. The van der Waals surface area contributed by atoms with Crippen LogP contribution in [0.2, 0.25) is 0 Å². The number of hydrogen-bond donors (Lipinski definition) is 1. The zero-order valence-electron chi connectivity index (χ0n) is 16.3. The van der Waals surface area contributed by atoms with Gasteiger partial charge in [-0.3, -0.25) is 4.79 Å². The van der Waals surface area contributed by atoms with Crippen LogP contribution in [0, 0.1) is 0 Å². The van der Waals surface area contributed by atoms with Gasteiger partial charge in [0.25, 0.3) is 5.91 Å². The second-order valence-corrected chi connectivity index (χ2v) is 7.75. The van der Waals surface area contributed by atoms with Crippen LogP contribution in [0.15, 0.2) is 48.7 Å². The van der Waals surface area contributed by atoms with Gasteiger partial charge in [0.1, 0.15) is 5.82 Å². The molecule has 0 unspecified atom stereocenters. The van der Waals surface area contributed by atoms with Gasteiger partial charge >= 0.3 is 0 Å². The molecule has 148 valence electrons. The van der Waals surface area contributed by atoms with Crippen molar-refractivity contribution >= 4 is 11.7 Å². The highest BCUT2D eigenvalue weighted by Crippen LogP contribution is 2.41. The van der Waals surface area contributed by atoms with Gasteiger partial charge < -0.3 is 10.2 Å². The van der Waals surface area contributed by atoms with Gasteiger partial charge in [0, 0.05) is 31.7 Å². The molecular formula is C22H24N6O. The maximum absolute atomic E-state index is 12.8. The molecule has 0 spiro atoms. The summed E-state index contributed by atoms with van der Waals surface area (Å²) in [6.45, 7) is 2.57. The molecule has 2 fully saturated rings. The average molecular weight is 388 g/mol. The van der Waals surface area contributed by atoms with E-state index in [2.05, 4.69) is 25.5 Å². The van der Waals surface area contributed by atoms with E-state index < -0.39 is 0 Å². The maximum Gasteiger partial charge on any atom is 0.274 e. The molecule has 0 radical (unpaired) electrons. The van der Waals surface area contributed by atoms with E-state index in [1.54, 1.807) is 4.68 Å². The van der Waals surface area contributed by atoms with Crippen molar-refractivity contribution < 1.29 is 4.79 Å². The first-order chi connectivity index (χ1) is 14.3. The Morgan fingerprint density at radius 1 is 1.07 bits per heavy atom.